The first-order chi connectivity index (χ1) is 8.90. The molecule has 102 valence electrons. The van der Waals surface area contributed by atoms with Crippen LogP contribution in [0.2, 0.25) is 0 Å². The van der Waals surface area contributed by atoms with Crippen LogP contribution < -0.4 is 0 Å². The van der Waals surface area contributed by atoms with E-state index in [0.29, 0.717) is 5.56 Å². The molecule has 0 aliphatic carbocycles. The third kappa shape index (κ3) is 5.09. The molecule has 1 rings (SSSR count). The Balaban J connectivity index is 2.70. The first-order valence-corrected chi connectivity index (χ1v) is 6.48. The lowest BCUT2D eigenvalue weighted by atomic mass is 10.0. The number of carbonyl (C=O) groups is 2. The predicted molar refractivity (Wildman–Crippen MR) is 71.1 cm³/mol. The zero-order valence-electron chi connectivity index (χ0n) is 10.2. The van der Waals surface area contributed by atoms with E-state index < -0.39 is 16.8 Å². The average molecular weight is 283 g/mol. The Kier molecular flexibility index (Phi) is 5.50. The summed E-state index contributed by atoms with van der Waals surface area (Å²) in [6, 6.07) is 5.75. The summed E-state index contributed by atoms with van der Waals surface area (Å²) in [5.74, 6) is -1.47. The van der Waals surface area contributed by atoms with Gasteiger partial charge in [-0.1, -0.05) is 23.9 Å². The minimum absolute atomic E-state index is 0.0336. The van der Waals surface area contributed by atoms with E-state index in [1.807, 2.05) is 0 Å². The van der Waals surface area contributed by atoms with Crippen LogP contribution in [0.3, 0.4) is 0 Å². The zero-order chi connectivity index (χ0) is 14.4. The number of aliphatic carboxylic acids is 1. The molecule has 1 aromatic carbocycles. The standard InChI is InChI=1S/C12H13NO5S/c1-8(14)19-7-10(12(15)16)6-9-2-4-11(5-3-9)13(17)18/h2-5,10H,6-7H2,1H3,(H,15,16). The van der Waals surface area contributed by atoms with Crippen molar-refractivity contribution in [3.05, 3.63) is 39.9 Å². The molecule has 0 fully saturated rings. The predicted octanol–water partition coefficient (Wildman–Crippen LogP) is 2.12. The van der Waals surface area contributed by atoms with Crippen molar-refractivity contribution in [3.63, 3.8) is 0 Å². The van der Waals surface area contributed by atoms with Crippen molar-refractivity contribution >= 4 is 28.5 Å². The molecular formula is C12H13NO5S. The van der Waals surface area contributed by atoms with Crippen molar-refractivity contribution in [2.45, 2.75) is 13.3 Å². The summed E-state index contributed by atoms with van der Waals surface area (Å²) >= 11 is 0.967. The fraction of sp³-hybridized carbons (Fsp3) is 0.333. The lowest BCUT2D eigenvalue weighted by Gasteiger charge is -2.10. The smallest absolute Gasteiger partial charge is 0.307 e. The molecule has 0 aromatic heterocycles. The van der Waals surface area contributed by atoms with E-state index in [2.05, 4.69) is 0 Å². The number of benzene rings is 1. The SMILES string of the molecule is CC(=O)SCC(Cc1ccc([N+](=O)[O-])cc1)C(=O)O. The summed E-state index contributed by atoms with van der Waals surface area (Å²) in [4.78, 5) is 31.9. The van der Waals surface area contributed by atoms with E-state index in [4.69, 9.17) is 5.11 Å². The summed E-state index contributed by atoms with van der Waals surface area (Å²) in [5.41, 5.74) is 0.663. The Morgan fingerprint density at radius 2 is 1.95 bits per heavy atom. The molecule has 0 amide bonds. The number of hydrogen-bond donors (Lipinski definition) is 1. The molecule has 7 heteroatoms. The Morgan fingerprint density at radius 1 is 1.37 bits per heavy atom. The van der Waals surface area contributed by atoms with Crippen LogP contribution in [-0.4, -0.2) is 26.9 Å². The molecule has 1 N–H and O–H groups in total. The highest BCUT2D eigenvalue weighted by Crippen LogP contribution is 2.18. The van der Waals surface area contributed by atoms with Crippen LogP contribution in [0.5, 0.6) is 0 Å². The monoisotopic (exact) mass is 283 g/mol. The number of nitrogens with zero attached hydrogens (tertiary/aromatic N) is 1. The molecule has 0 aliphatic heterocycles. The van der Waals surface area contributed by atoms with Crippen LogP contribution in [0.4, 0.5) is 5.69 Å². The molecule has 0 radical (unpaired) electrons. The molecular weight excluding hydrogens is 270 g/mol. The van der Waals surface area contributed by atoms with Crippen LogP contribution >= 0.6 is 11.8 Å². The number of carboxylic acids is 1. The van der Waals surface area contributed by atoms with Gasteiger partial charge in [0, 0.05) is 24.8 Å². The Bertz CT molecular complexity index is 485. The minimum Gasteiger partial charge on any atom is -0.481 e. The van der Waals surface area contributed by atoms with E-state index >= 15 is 0 Å². The van der Waals surface area contributed by atoms with Gasteiger partial charge < -0.3 is 5.11 Å². The Labute approximate surface area is 114 Å². The van der Waals surface area contributed by atoms with Gasteiger partial charge in [0.05, 0.1) is 10.8 Å². The number of hydrogen-bond acceptors (Lipinski definition) is 5. The maximum absolute atomic E-state index is 11.1. The highest BCUT2D eigenvalue weighted by atomic mass is 32.2. The van der Waals surface area contributed by atoms with Crippen LogP contribution in [0.15, 0.2) is 24.3 Å². The van der Waals surface area contributed by atoms with Crippen molar-refractivity contribution in [2.24, 2.45) is 5.92 Å². The van der Waals surface area contributed by atoms with E-state index in [1.165, 1.54) is 31.2 Å². The number of nitro groups is 1. The van der Waals surface area contributed by atoms with Gasteiger partial charge >= 0.3 is 5.97 Å². The number of nitro benzene ring substituents is 1. The molecule has 0 saturated heterocycles. The highest BCUT2D eigenvalue weighted by Gasteiger charge is 2.19. The van der Waals surface area contributed by atoms with E-state index in [0.717, 1.165) is 11.8 Å². The molecule has 1 unspecified atom stereocenters. The molecule has 0 spiro atoms. The molecule has 0 saturated carbocycles. The van der Waals surface area contributed by atoms with E-state index in [9.17, 15) is 19.7 Å². The summed E-state index contributed by atoms with van der Waals surface area (Å²) < 4.78 is 0. The average Bonchev–Trinajstić information content (AvgIpc) is 2.34. The van der Waals surface area contributed by atoms with Gasteiger partial charge in [0.15, 0.2) is 5.12 Å². The van der Waals surface area contributed by atoms with Crippen molar-refractivity contribution < 1.29 is 19.6 Å². The van der Waals surface area contributed by atoms with Gasteiger partial charge in [-0.3, -0.25) is 19.7 Å². The normalized spacial score (nSPS) is 11.8. The largest absolute Gasteiger partial charge is 0.481 e. The third-order valence-electron chi connectivity index (χ3n) is 2.47. The van der Waals surface area contributed by atoms with Crippen LogP contribution in [0.1, 0.15) is 12.5 Å². The van der Waals surface area contributed by atoms with E-state index in [1.54, 1.807) is 0 Å². The molecule has 6 nitrogen and oxygen atoms in total. The summed E-state index contributed by atoms with van der Waals surface area (Å²) in [5, 5.41) is 19.4. The second kappa shape index (κ2) is 6.89. The minimum atomic E-state index is -0.980. The Morgan fingerprint density at radius 3 is 2.37 bits per heavy atom. The molecule has 0 bridgehead atoms. The molecule has 1 aromatic rings. The molecule has 0 aliphatic rings. The van der Waals surface area contributed by atoms with Crippen molar-refractivity contribution in [3.8, 4) is 0 Å². The first-order valence-electron chi connectivity index (χ1n) is 5.49. The lowest BCUT2D eigenvalue weighted by molar-refractivity contribution is -0.384. The first kappa shape index (κ1) is 15.2. The third-order valence-corrected chi connectivity index (χ3v) is 3.44. The quantitative estimate of drug-likeness (QED) is 0.634. The second-order valence-corrected chi connectivity index (χ2v) is 5.16. The van der Waals surface area contributed by atoms with Crippen molar-refractivity contribution in [2.75, 3.05) is 5.75 Å². The lowest BCUT2D eigenvalue weighted by Crippen LogP contribution is -2.19. The Hall–Kier alpha value is -1.89. The van der Waals surface area contributed by atoms with Gasteiger partial charge in [0.2, 0.25) is 0 Å². The number of carbonyl (C=O) groups excluding carboxylic acids is 1. The van der Waals surface area contributed by atoms with E-state index in [-0.39, 0.29) is 23.0 Å². The van der Waals surface area contributed by atoms with Crippen molar-refractivity contribution in [1.82, 2.24) is 0 Å². The van der Waals surface area contributed by atoms with Gasteiger partial charge in [0.1, 0.15) is 0 Å². The second-order valence-electron chi connectivity index (χ2n) is 3.97. The van der Waals surface area contributed by atoms with Gasteiger partial charge in [-0.15, -0.1) is 0 Å². The molecule has 0 heterocycles. The maximum Gasteiger partial charge on any atom is 0.307 e. The van der Waals surface area contributed by atoms with Crippen LogP contribution in [0.25, 0.3) is 0 Å². The molecule has 1 atom stereocenters. The molecule has 19 heavy (non-hydrogen) atoms. The fourth-order valence-corrected chi connectivity index (χ4v) is 2.17. The number of non-ortho nitro benzene ring substituents is 1. The summed E-state index contributed by atoms with van der Waals surface area (Å²) in [6.07, 6.45) is 0.244. The van der Waals surface area contributed by atoms with Crippen LogP contribution in [-0.2, 0) is 16.0 Å². The topological polar surface area (TPSA) is 97.5 Å². The maximum atomic E-state index is 11.1. The van der Waals surface area contributed by atoms with Gasteiger partial charge in [-0.25, -0.2) is 0 Å². The van der Waals surface area contributed by atoms with Gasteiger partial charge in [0.25, 0.3) is 5.69 Å². The number of carboxylic acid groups (broad SMARTS) is 1. The number of thioether (sulfide) groups is 1. The van der Waals surface area contributed by atoms with Gasteiger partial charge in [-0.2, -0.15) is 0 Å². The zero-order valence-corrected chi connectivity index (χ0v) is 11.1. The summed E-state index contributed by atoms with van der Waals surface area (Å²) in [7, 11) is 0. The van der Waals surface area contributed by atoms with Gasteiger partial charge in [-0.05, 0) is 12.0 Å². The summed E-state index contributed by atoms with van der Waals surface area (Å²) in [6.45, 7) is 1.38. The fourth-order valence-electron chi connectivity index (χ4n) is 1.47. The van der Waals surface area contributed by atoms with Crippen LogP contribution in [0, 0.1) is 16.0 Å². The van der Waals surface area contributed by atoms with Crippen molar-refractivity contribution in [1.29, 1.82) is 0 Å². The number of rotatable bonds is 6. The highest BCUT2D eigenvalue weighted by molar-refractivity contribution is 8.13.